The molecule has 0 aromatic carbocycles. The number of hydrogen-bond acceptors (Lipinski definition) is 2. The first-order valence-corrected chi connectivity index (χ1v) is 2.89. The van der Waals surface area contributed by atoms with Gasteiger partial charge in [0.25, 0.3) is 0 Å². The van der Waals surface area contributed by atoms with Gasteiger partial charge in [0.1, 0.15) is 6.07 Å². The summed E-state index contributed by atoms with van der Waals surface area (Å²) in [6.07, 6.45) is 5.02. The normalized spacial score (nSPS) is 33.0. The van der Waals surface area contributed by atoms with E-state index in [4.69, 9.17) is 5.26 Å². The Bertz CT molecular complexity index is 175. The van der Waals surface area contributed by atoms with E-state index in [2.05, 4.69) is 20.9 Å². The molecule has 0 saturated carbocycles. The Morgan fingerprint density at radius 1 is 1.75 bits per heavy atom. The molecular weight excluding hydrogens is 168 g/mol. The van der Waals surface area contributed by atoms with Gasteiger partial charge in [-0.05, 0) is 28.1 Å². The van der Waals surface area contributed by atoms with Crippen LogP contribution in [-0.4, -0.2) is 10.7 Å². The first-order valence-electron chi connectivity index (χ1n) is 2.10. The Labute approximate surface area is 55.7 Å². The molecule has 0 spiro atoms. The van der Waals surface area contributed by atoms with Crippen molar-refractivity contribution in [2.75, 3.05) is 0 Å². The molecule has 0 aromatic heterocycles. The molecule has 0 bridgehead atoms. The third-order valence-electron chi connectivity index (χ3n) is 0.822. The molecule has 8 heavy (non-hydrogen) atoms. The molecule has 1 heterocycles. The summed E-state index contributed by atoms with van der Waals surface area (Å²) in [5, 5.41) is 8.36. The van der Waals surface area contributed by atoms with E-state index >= 15 is 0 Å². The van der Waals surface area contributed by atoms with Crippen molar-refractivity contribution in [2.45, 2.75) is 4.45 Å². The lowest BCUT2D eigenvalue weighted by Crippen LogP contribution is -2.05. The number of allylic oxidation sites excluding steroid dienone is 1. The number of rotatable bonds is 0. The molecule has 0 aromatic rings. The predicted molar refractivity (Wildman–Crippen MR) is 34.9 cm³/mol. The lowest BCUT2D eigenvalue weighted by molar-refractivity contribution is 1.01. The fourth-order valence-corrected chi connectivity index (χ4v) is 0.702. The van der Waals surface area contributed by atoms with Crippen LogP contribution < -0.4 is 0 Å². The lowest BCUT2D eigenvalue weighted by atomic mass is 10.3. The number of nitrogens with zero attached hydrogens (tertiary/aromatic N) is 2. The predicted octanol–water partition coefficient (Wildman–Crippen LogP) is 1.24. The Kier molecular flexibility index (Phi) is 1.18. The fraction of sp³-hybridized carbons (Fsp3) is 0.200. The zero-order chi connectivity index (χ0) is 6.04. The van der Waals surface area contributed by atoms with Crippen molar-refractivity contribution in [2.24, 2.45) is 4.99 Å². The van der Waals surface area contributed by atoms with E-state index in [1.165, 1.54) is 0 Å². The van der Waals surface area contributed by atoms with Gasteiger partial charge in [-0.1, -0.05) is 0 Å². The second-order valence-electron chi connectivity index (χ2n) is 1.42. The highest BCUT2D eigenvalue weighted by atomic mass is 79.9. The van der Waals surface area contributed by atoms with Crippen molar-refractivity contribution in [1.29, 1.82) is 5.26 Å². The number of halogens is 1. The Hall–Kier alpha value is -0.620. The van der Waals surface area contributed by atoms with Gasteiger partial charge in [-0.2, -0.15) is 5.26 Å². The van der Waals surface area contributed by atoms with Crippen LogP contribution in [0.2, 0.25) is 0 Å². The minimum Gasteiger partial charge on any atom is -0.256 e. The van der Waals surface area contributed by atoms with Gasteiger partial charge in [-0.3, -0.25) is 4.99 Å². The summed E-state index contributed by atoms with van der Waals surface area (Å²) in [5.74, 6) is 0. The average molecular weight is 171 g/mol. The zero-order valence-electron chi connectivity index (χ0n) is 4.00. The second kappa shape index (κ2) is 1.71. The van der Waals surface area contributed by atoms with Gasteiger partial charge in [-0.25, -0.2) is 0 Å². The summed E-state index contributed by atoms with van der Waals surface area (Å²) < 4.78 is -0.757. The van der Waals surface area contributed by atoms with E-state index in [0.29, 0.717) is 0 Å². The molecule has 1 unspecified atom stereocenters. The van der Waals surface area contributed by atoms with Gasteiger partial charge in [0, 0.05) is 6.21 Å². The molecule has 0 fully saturated rings. The van der Waals surface area contributed by atoms with E-state index in [1.54, 1.807) is 18.4 Å². The summed E-state index contributed by atoms with van der Waals surface area (Å²) in [6.45, 7) is 0. The van der Waals surface area contributed by atoms with Gasteiger partial charge in [0.2, 0.25) is 4.45 Å². The van der Waals surface area contributed by atoms with Crippen LogP contribution in [0.3, 0.4) is 0 Å². The highest BCUT2D eigenvalue weighted by Gasteiger charge is 2.21. The van der Waals surface area contributed by atoms with Gasteiger partial charge < -0.3 is 0 Å². The molecule has 1 atom stereocenters. The molecule has 0 N–H and O–H groups in total. The highest BCUT2D eigenvalue weighted by Crippen LogP contribution is 2.22. The smallest absolute Gasteiger partial charge is 0.219 e. The molecule has 1 rings (SSSR count). The molecule has 0 saturated heterocycles. The Morgan fingerprint density at radius 3 is 2.75 bits per heavy atom. The lowest BCUT2D eigenvalue weighted by Gasteiger charge is -2.00. The average Bonchev–Trinajstić information content (AvgIpc) is 2.17. The van der Waals surface area contributed by atoms with Crippen molar-refractivity contribution in [3.05, 3.63) is 12.2 Å². The minimum absolute atomic E-state index is 0.757. The second-order valence-corrected chi connectivity index (χ2v) is 2.63. The molecule has 2 nitrogen and oxygen atoms in total. The summed E-state index contributed by atoms with van der Waals surface area (Å²) in [6, 6.07) is 1.97. The summed E-state index contributed by atoms with van der Waals surface area (Å²) in [4.78, 5) is 3.81. The number of hydrogen-bond donors (Lipinski definition) is 0. The van der Waals surface area contributed by atoms with E-state index in [9.17, 15) is 0 Å². The fourth-order valence-electron chi connectivity index (χ4n) is 0.431. The largest absolute Gasteiger partial charge is 0.256 e. The van der Waals surface area contributed by atoms with Crippen molar-refractivity contribution >= 4 is 22.1 Å². The van der Waals surface area contributed by atoms with Gasteiger partial charge >= 0.3 is 0 Å². The van der Waals surface area contributed by atoms with Crippen LogP contribution in [0.25, 0.3) is 0 Å². The third-order valence-corrected chi connectivity index (χ3v) is 1.47. The first kappa shape index (κ1) is 5.52. The molecule has 0 radical (unpaired) electrons. The van der Waals surface area contributed by atoms with Crippen LogP contribution in [0.5, 0.6) is 0 Å². The monoisotopic (exact) mass is 170 g/mol. The van der Waals surface area contributed by atoms with Gasteiger partial charge in [0.05, 0.1) is 0 Å². The van der Waals surface area contributed by atoms with Crippen molar-refractivity contribution in [3.63, 3.8) is 0 Å². The molecule has 0 aliphatic carbocycles. The summed E-state index contributed by atoms with van der Waals surface area (Å²) in [5.41, 5.74) is 0. The maximum Gasteiger partial charge on any atom is 0.219 e. The van der Waals surface area contributed by atoms with Crippen molar-refractivity contribution in [1.82, 2.24) is 0 Å². The highest BCUT2D eigenvalue weighted by molar-refractivity contribution is 9.10. The van der Waals surface area contributed by atoms with Gasteiger partial charge in [0.15, 0.2) is 0 Å². The summed E-state index contributed by atoms with van der Waals surface area (Å²) in [7, 11) is 0. The summed E-state index contributed by atoms with van der Waals surface area (Å²) >= 11 is 3.10. The van der Waals surface area contributed by atoms with Crippen molar-refractivity contribution in [3.8, 4) is 6.07 Å². The number of alkyl halides is 1. The standard InChI is InChI=1S/C5H3BrN2/c6-5(4-7)2-1-3-8-5/h1-3H. The quantitative estimate of drug-likeness (QED) is 0.399. The van der Waals surface area contributed by atoms with Crippen LogP contribution in [0, 0.1) is 11.3 Å². The molecule has 1 aliphatic rings. The van der Waals surface area contributed by atoms with Crippen LogP contribution in [0.1, 0.15) is 0 Å². The third kappa shape index (κ3) is 0.797. The molecule has 3 heteroatoms. The van der Waals surface area contributed by atoms with Crippen LogP contribution in [0.15, 0.2) is 17.1 Å². The van der Waals surface area contributed by atoms with E-state index < -0.39 is 4.45 Å². The van der Waals surface area contributed by atoms with Crippen LogP contribution in [-0.2, 0) is 0 Å². The van der Waals surface area contributed by atoms with Crippen molar-refractivity contribution < 1.29 is 0 Å². The van der Waals surface area contributed by atoms with E-state index in [-0.39, 0.29) is 0 Å². The van der Waals surface area contributed by atoms with E-state index in [1.807, 2.05) is 6.07 Å². The maximum atomic E-state index is 8.36. The Balaban J connectivity index is 2.89. The number of nitriles is 1. The topological polar surface area (TPSA) is 36.1 Å². The maximum absolute atomic E-state index is 8.36. The van der Waals surface area contributed by atoms with E-state index in [0.717, 1.165) is 0 Å². The first-order chi connectivity index (χ1) is 3.77. The molecular formula is C5H3BrN2. The number of aliphatic imine (C=N–C) groups is 1. The Morgan fingerprint density at radius 2 is 2.50 bits per heavy atom. The molecule has 40 valence electrons. The SMILES string of the molecule is N#CC1(Br)C=CC=N1. The van der Waals surface area contributed by atoms with Crippen LogP contribution in [0.4, 0.5) is 0 Å². The molecule has 1 aliphatic heterocycles. The zero-order valence-corrected chi connectivity index (χ0v) is 5.59. The molecule has 0 amide bonds. The van der Waals surface area contributed by atoms with Crippen LogP contribution >= 0.6 is 15.9 Å². The van der Waals surface area contributed by atoms with Gasteiger partial charge in [-0.15, -0.1) is 0 Å². The minimum atomic E-state index is -0.757.